The molecule has 0 amide bonds. The molecule has 1 saturated heterocycles. The lowest BCUT2D eigenvalue weighted by atomic mass is 10.2. The second-order valence-corrected chi connectivity index (χ2v) is 5.89. The molecule has 5 heteroatoms. The summed E-state index contributed by atoms with van der Waals surface area (Å²) >= 11 is 6.12. The molecule has 1 aromatic carbocycles. The van der Waals surface area contributed by atoms with Crippen LogP contribution in [0.15, 0.2) is 42.6 Å². The van der Waals surface area contributed by atoms with Crippen LogP contribution < -0.4 is 15.0 Å². The number of halogens is 1. The second kappa shape index (κ2) is 6.99. The molecule has 4 nitrogen and oxygen atoms in total. The smallest absolute Gasteiger partial charge is 0.142 e. The van der Waals surface area contributed by atoms with Gasteiger partial charge in [0.2, 0.25) is 0 Å². The van der Waals surface area contributed by atoms with E-state index in [1.54, 1.807) is 7.11 Å². The van der Waals surface area contributed by atoms with E-state index >= 15 is 0 Å². The molecule has 3 rings (SSSR count). The zero-order valence-electron chi connectivity index (χ0n) is 12.6. The highest BCUT2D eigenvalue weighted by Gasteiger charge is 2.24. The van der Waals surface area contributed by atoms with Gasteiger partial charge in [-0.1, -0.05) is 17.7 Å². The minimum Gasteiger partial charge on any atom is -0.495 e. The highest BCUT2D eigenvalue weighted by Crippen LogP contribution is 2.33. The van der Waals surface area contributed by atoms with Crippen molar-refractivity contribution in [3.63, 3.8) is 0 Å². The van der Waals surface area contributed by atoms with E-state index in [4.69, 9.17) is 16.3 Å². The summed E-state index contributed by atoms with van der Waals surface area (Å²) in [6.07, 6.45) is 2.93. The Morgan fingerprint density at radius 2 is 2.27 bits per heavy atom. The summed E-state index contributed by atoms with van der Waals surface area (Å²) in [5.74, 6) is 0.870. The van der Waals surface area contributed by atoms with Gasteiger partial charge in [0.25, 0.3) is 0 Å². The van der Waals surface area contributed by atoms with E-state index in [1.165, 1.54) is 0 Å². The van der Waals surface area contributed by atoms with Crippen LogP contribution in [0.4, 0.5) is 5.69 Å². The normalized spacial score (nSPS) is 17.7. The van der Waals surface area contributed by atoms with E-state index in [0.717, 1.165) is 48.2 Å². The van der Waals surface area contributed by atoms with Crippen molar-refractivity contribution in [2.24, 2.45) is 0 Å². The number of ether oxygens (including phenoxy) is 1. The highest BCUT2D eigenvalue weighted by molar-refractivity contribution is 6.30. The minimum atomic E-state index is 0.450. The Balaban J connectivity index is 1.61. The van der Waals surface area contributed by atoms with Crippen molar-refractivity contribution in [2.45, 2.75) is 19.0 Å². The van der Waals surface area contributed by atoms with Crippen molar-refractivity contribution in [3.8, 4) is 5.75 Å². The number of nitrogens with zero attached hydrogens (tertiary/aromatic N) is 2. The van der Waals surface area contributed by atoms with Gasteiger partial charge in [0.15, 0.2) is 0 Å². The Hall–Kier alpha value is -1.78. The first kappa shape index (κ1) is 15.1. The summed E-state index contributed by atoms with van der Waals surface area (Å²) in [6.45, 7) is 2.74. The van der Waals surface area contributed by atoms with Crippen molar-refractivity contribution >= 4 is 17.3 Å². The quantitative estimate of drug-likeness (QED) is 0.919. The van der Waals surface area contributed by atoms with Crippen LogP contribution in [0, 0.1) is 0 Å². The fourth-order valence-electron chi connectivity index (χ4n) is 2.81. The Bertz CT molecular complexity index is 621. The average Bonchev–Trinajstić information content (AvgIpc) is 3.03. The van der Waals surface area contributed by atoms with E-state index in [9.17, 15) is 0 Å². The van der Waals surface area contributed by atoms with Gasteiger partial charge in [0.1, 0.15) is 5.75 Å². The van der Waals surface area contributed by atoms with Crippen LogP contribution in [0.3, 0.4) is 0 Å². The Morgan fingerprint density at radius 3 is 3.05 bits per heavy atom. The third kappa shape index (κ3) is 3.51. The predicted molar refractivity (Wildman–Crippen MR) is 89.7 cm³/mol. The zero-order chi connectivity index (χ0) is 15.4. The number of nitrogens with one attached hydrogen (secondary N) is 1. The first-order chi connectivity index (χ1) is 10.8. The topological polar surface area (TPSA) is 37.4 Å². The van der Waals surface area contributed by atoms with Crippen molar-refractivity contribution < 1.29 is 4.74 Å². The van der Waals surface area contributed by atoms with Crippen molar-refractivity contribution in [2.75, 3.05) is 25.1 Å². The highest BCUT2D eigenvalue weighted by atomic mass is 35.5. The zero-order valence-corrected chi connectivity index (χ0v) is 13.4. The van der Waals surface area contributed by atoms with Gasteiger partial charge in [-0.25, -0.2) is 0 Å². The fraction of sp³-hybridized carbons (Fsp3) is 0.353. The molecule has 0 unspecified atom stereocenters. The molecule has 2 aromatic rings. The molecule has 0 radical (unpaired) electrons. The second-order valence-electron chi connectivity index (χ2n) is 5.45. The predicted octanol–water partition coefficient (Wildman–Crippen LogP) is 3.11. The van der Waals surface area contributed by atoms with Crippen LogP contribution in [0.1, 0.15) is 12.1 Å². The average molecular weight is 318 g/mol. The minimum absolute atomic E-state index is 0.450. The van der Waals surface area contributed by atoms with Gasteiger partial charge in [-0.3, -0.25) is 4.98 Å². The molecule has 1 N–H and O–H groups in total. The number of methoxy groups -OCH3 is 1. The van der Waals surface area contributed by atoms with E-state index in [2.05, 4.69) is 15.2 Å². The van der Waals surface area contributed by atoms with Crippen LogP contribution in [0.2, 0.25) is 5.02 Å². The standard InChI is InChI=1S/C17H20ClN3O/c1-22-17-6-5-13(18)10-16(17)21-9-7-15(12-21)20-11-14-4-2-3-8-19-14/h2-6,8,10,15,20H,7,9,11-12H2,1H3/t15-/m1/s1. The molecule has 1 aliphatic rings. The molecule has 1 aliphatic heterocycles. The Labute approximate surface area is 136 Å². The van der Waals surface area contributed by atoms with Crippen LogP contribution in [-0.2, 0) is 6.54 Å². The van der Waals surface area contributed by atoms with Gasteiger partial charge in [-0.05, 0) is 36.8 Å². The molecule has 2 heterocycles. The summed E-state index contributed by atoms with van der Waals surface area (Å²) in [4.78, 5) is 6.66. The molecule has 22 heavy (non-hydrogen) atoms. The van der Waals surface area contributed by atoms with Gasteiger partial charge in [-0.2, -0.15) is 0 Å². The maximum Gasteiger partial charge on any atom is 0.142 e. The molecule has 0 spiro atoms. The maximum atomic E-state index is 6.12. The van der Waals surface area contributed by atoms with Crippen molar-refractivity contribution in [1.29, 1.82) is 0 Å². The third-order valence-corrected chi connectivity index (χ3v) is 4.20. The number of aromatic nitrogens is 1. The first-order valence-corrected chi connectivity index (χ1v) is 7.86. The molecule has 0 bridgehead atoms. The van der Waals surface area contributed by atoms with Crippen LogP contribution in [-0.4, -0.2) is 31.2 Å². The maximum absolute atomic E-state index is 6.12. The van der Waals surface area contributed by atoms with Gasteiger partial charge in [0, 0.05) is 36.9 Å². The Kier molecular flexibility index (Phi) is 4.80. The van der Waals surface area contributed by atoms with Gasteiger partial charge in [-0.15, -0.1) is 0 Å². The van der Waals surface area contributed by atoms with Gasteiger partial charge >= 0.3 is 0 Å². The van der Waals surface area contributed by atoms with E-state index < -0.39 is 0 Å². The fourth-order valence-corrected chi connectivity index (χ4v) is 2.97. The Morgan fingerprint density at radius 1 is 1.36 bits per heavy atom. The monoisotopic (exact) mass is 317 g/mol. The SMILES string of the molecule is COc1ccc(Cl)cc1N1CC[C@@H](NCc2ccccn2)C1. The molecule has 1 atom stereocenters. The number of benzene rings is 1. The van der Waals surface area contributed by atoms with Gasteiger partial charge in [0.05, 0.1) is 18.5 Å². The van der Waals surface area contributed by atoms with E-state index in [-0.39, 0.29) is 0 Å². The van der Waals surface area contributed by atoms with Crippen LogP contribution in [0.25, 0.3) is 0 Å². The van der Waals surface area contributed by atoms with Crippen molar-refractivity contribution in [3.05, 3.63) is 53.3 Å². The lowest BCUT2D eigenvalue weighted by Gasteiger charge is -2.21. The number of rotatable bonds is 5. The summed E-state index contributed by atoms with van der Waals surface area (Å²) in [5.41, 5.74) is 2.14. The molecular formula is C17H20ClN3O. The van der Waals surface area contributed by atoms with E-state index in [0.29, 0.717) is 6.04 Å². The summed E-state index contributed by atoms with van der Waals surface area (Å²) < 4.78 is 5.45. The molecule has 0 saturated carbocycles. The molecular weight excluding hydrogens is 298 g/mol. The molecule has 1 fully saturated rings. The van der Waals surface area contributed by atoms with Crippen LogP contribution in [0.5, 0.6) is 5.75 Å². The first-order valence-electron chi connectivity index (χ1n) is 7.48. The van der Waals surface area contributed by atoms with Gasteiger partial charge < -0.3 is 15.0 Å². The van der Waals surface area contributed by atoms with Crippen molar-refractivity contribution in [1.82, 2.24) is 10.3 Å². The summed E-state index contributed by atoms with van der Waals surface area (Å²) in [5, 5.41) is 4.31. The molecule has 1 aromatic heterocycles. The lowest BCUT2D eigenvalue weighted by Crippen LogP contribution is -2.32. The number of anilines is 1. The number of hydrogen-bond acceptors (Lipinski definition) is 4. The summed E-state index contributed by atoms with van der Waals surface area (Å²) in [6, 6.07) is 12.2. The van der Waals surface area contributed by atoms with Crippen LogP contribution >= 0.6 is 11.6 Å². The molecule has 116 valence electrons. The lowest BCUT2D eigenvalue weighted by molar-refractivity contribution is 0.414. The van der Waals surface area contributed by atoms with E-state index in [1.807, 2.05) is 42.6 Å². The third-order valence-electron chi connectivity index (χ3n) is 3.97. The molecule has 0 aliphatic carbocycles. The summed E-state index contributed by atoms with van der Waals surface area (Å²) in [7, 11) is 1.69. The number of hydrogen-bond donors (Lipinski definition) is 1. The number of pyridine rings is 1. The largest absolute Gasteiger partial charge is 0.495 e.